The van der Waals surface area contributed by atoms with Gasteiger partial charge in [-0.3, -0.25) is 9.59 Å². The molecule has 0 unspecified atom stereocenters. The van der Waals surface area contributed by atoms with E-state index in [1.54, 1.807) is 30.5 Å². The maximum Gasteiger partial charge on any atom is 0.252 e. The molecule has 0 radical (unpaired) electrons. The zero-order chi connectivity index (χ0) is 21.8. The first-order chi connectivity index (χ1) is 14.1. The van der Waals surface area contributed by atoms with Gasteiger partial charge in [0, 0.05) is 25.6 Å². The summed E-state index contributed by atoms with van der Waals surface area (Å²) in [6.45, 7) is 7.22. The van der Waals surface area contributed by atoms with Crippen molar-refractivity contribution in [1.29, 1.82) is 0 Å². The summed E-state index contributed by atoms with van der Waals surface area (Å²) in [6.07, 6.45) is 1.36. The minimum atomic E-state index is -1.06. The van der Waals surface area contributed by atoms with E-state index in [0.29, 0.717) is 29.1 Å². The number of nitrogens with zero attached hydrogens (tertiary/aromatic N) is 5. The monoisotopic (exact) mass is 410 g/mol. The van der Waals surface area contributed by atoms with Crippen molar-refractivity contribution in [1.82, 2.24) is 19.5 Å². The van der Waals surface area contributed by atoms with Gasteiger partial charge in [0.25, 0.3) is 5.91 Å². The number of piperazine rings is 1. The molecule has 0 aliphatic carbocycles. The van der Waals surface area contributed by atoms with Gasteiger partial charge >= 0.3 is 0 Å². The van der Waals surface area contributed by atoms with E-state index in [0.717, 1.165) is 5.56 Å². The molecule has 3 aromatic rings. The average molecular weight is 410 g/mol. The standard InChI is InChI=1S/C21H23FN6O2/c1-12-9-16(28-18(12)19(23)24-11-25-28)14-5-6-15(22)17(10-14)26-7-8-27(13(2)29)21(3,4)20(26)30/h5-6,9-11H,7-8H2,1-4H3,(H2,23,24,25). The molecule has 0 saturated carbocycles. The number of nitrogen functional groups attached to an aromatic ring is 1. The number of carbonyl (C=O) groups excluding carboxylic acids is 2. The Morgan fingerprint density at radius 1 is 1.23 bits per heavy atom. The molecule has 2 amide bonds. The van der Waals surface area contributed by atoms with Crippen LogP contribution in [0.1, 0.15) is 26.3 Å². The zero-order valence-corrected chi connectivity index (χ0v) is 17.3. The molecule has 2 aromatic heterocycles. The number of aryl methyl sites for hydroxylation is 1. The molecular formula is C21H23FN6O2. The van der Waals surface area contributed by atoms with Crippen LogP contribution in [-0.4, -0.2) is 49.9 Å². The van der Waals surface area contributed by atoms with E-state index in [9.17, 15) is 14.0 Å². The summed E-state index contributed by atoms with van der Waals surface area (Å²) in [4.78, 5) is 32.0. The first-order valence-corrected chi connectivity index (χ1v) is 9.62. The van der Waals surface area contributed by atoms with Crippen molar-refractivity contribution in [2.45, 2.75) is 33.2 Å². The molecular weight excluding hydrogens is 387 g/mol. The smallest absolute Gasteiger partial charge is 0.252 e. The fraction of sp³-hybridized carbons (Fsp3) is 0.333. The van der Waals surface area contributed by atoms with Crippen molar-refractivity contribution in [2.75, 3.05) is 23.7 Å². The van der Waals surface area contributed by atoms with E-state index in [1.165, 1.54) is 29.1 Å². The van der Waals surface area contributed by atoms with Crippen LogP contribution in [-0.2, 0) is 9.59 Å². The lowest BCUT2D eigenvalue weighted by molar-refractivity contribution is -0.145. The van der Waals surface area contributed by atoms with E-state index >= 15 is 0 Å². The molecule has 0 spiro atoms. The van der Waals surface area contributed by atoms with E-state index < -0.39 is 11.4 Å². The number of benzene rings is 1. The molecule has 1 fully saturated rings. The van der Waals surface area contributed by atoms with Gasteiger partial charge < -0.3 is 15.5 Å². The van der Waals surface area contributed by atoms with Crippen LogP contribution >= 0.6 is 0 Å². The molecule has 156 valence electrons. The van der Waals surface area contributed by atoms with E-state index in [2.05, 4.69) is 10.1 Å². The van der Waals surface area contributed by atoms with Crippen LogP contribution in [0.15, 0.2) is 30.6 Å². The Hall–Kier alpha value is -3.49. The number of rotatable bonds is 2. The van der Waals surface area contributed by atoms with E-state index in [-0.39, 0.29) is 24.0 Å². The number of fused-ring (bicyclic) bond motifs is 1. The number of hydrogen-bond acceptors (Lipinski definition) is 5. The molecule has 3 heterocycles. The summed E-state index contributed by atoms with van der Waals surface area (Å²) in [7, 11) is 0. The highest BCUT2D eigenvalue weighted by Crippen LogP contribution is 2.34. The number of amides is 2. The van der Waals surface area contributed by atoms with Crippen molar-refractivity contribution in [2.24, 2.45) is 0 Å². The molecule has 30 heavy (non-hydrogen) atoms. The molecule has 1 aliphatic heterocycles. The normalized spacial score (nSPS) is 16.4. The Kier molecular flexibility index (Phi) is 4.48. The van der Waals surface area contributed by atoms with Gasteiger partial charge in [-0.1, -0.05) is 0 Å². The van der Waals surface area contributed by atoms with Crippen molar-refractivity contribution in [3.63, 3.8) is 0 Å². The molecule has 9 heteroatoms. The zero-order valence-electron chi connectivity index (χ0n) is 17.3. The fourth-order valence-electron chi connectivity index (χ4n) is 4.15. The van der Waals surface area contributed by atoms with Crippen LogP contribution in [0.5, 0.6) is 0 Å². The van der Waals surface area contributed by atoms with Crippen LogP contribution in [0.2, 0.25) is 0 Å². The Morgan fingerprint density at radius 2 is 1.97 bits per heavy atom. The lowest BCUT2D eigenvalue weighted by Crippen LogP contribution is -2.64. The predicted octanol–water partition coefficient (Wildman–Crippen LogP) is 2.40. The summed E-state index contributed by atoms with van der Waals surface area (Å²) in [5, 5.41) is 4.28. The van der Waals surface area contributed by atoms with Crippen molar-refractivity contribution < 1.29 is 14.0 Å². The molecule has 8 nitrogen and oxygen atoms in total. The second-order valence-electron chi connectivity index (χ2n) is 7.97. The number of halogens is 1. The highest BCUT2D eigenvalue weighted by molar-refractivity contribution is 6.03. The average Bonchev–Trinajstić information content (AvgIpc) is 3.02. The van der Waals surface area contributed by atoms with Crippen LogP contribution < -0.4 is 10.6 Å². The van der Waals surface area contributed by atoms with E-state index in [1.807, 2.05) is 13.0 Å². The fourth-order valence-corrected chi connectivity index (χ4v) is 4.15. The second kappa shape index (κ2) is 6.79. The molecule has 4 rings (SSSR count). The van der Waals surface area contributed by atoms with Crippen LogP contribution in [0.4, 0.5) is 15.9 Å². The lowest BCUT2D eigenvalue weighted by atomic mass is 9.96. The quantitative estimate of drug-likeness (QED) is 0.700. The van der Waals surface area contributed by atoms with Gasteiger partial charge in [-0.2, -0.15) is 5.10 Å². The summed E-state index contributed by atoms with van der Waals surface area (Å²) < 4.78 is 16.5. The first-order valence-electron chi connectivity index (χ1n) is 9.62. The number of carbonyl (C=O) groups is 2. The molecule has 0 atom stereocenters. The number of hydrogen-bond donors (Lipinski definition) is 1. The van der Waals surface area contributed by atoms with Gasteiger partial charge in [0.05, 0.1) is 11.4 Å². The van der Waals surface area contributed by atoms with Gasteiger partial charge in [0.15, 0.2) is 5.82 Å². The Morgan fingerprint density at radius 3 is 2.67 bits per heavy atom. The maximum atomic E-state index is 14.8. The van der Waals surface area contributed by atoms with Gasteiger partial charge in [0.2, 0.25) is 5.91 Å². The van der Waals surface area contributed by atoms with Crippen LogP contribution in [0, 0.1) is 12.7 Å². The third-order valence-corrected chi connectivity index (χ3v) is 5.68. The topological polar surface area (TPSA) is 96.8 Å². The number of aromatic nitrogens is 3. The Balaban J connectivity index is 1.80. The number of anilines is 2. The summed E-state index contributed by atoms with van der Waals surface area (Å²) in [5.41, 5.74) is 8.07. The lowest BCUT2D eigenvalue weighted by Gasteiger charge is -2.45. The summed E-state index contributed by atoms with van der Waals surface area (Å²) >= 11 is 0. The number of nitrogens with two attached hydrogens (primary N) is 1. The maximum absolute atomic E-state index is 14.8. The van der Waals surface area contributed by atoms with Crippen molar-refractivity contribution in [3.8, 4) is 11.3 Å². The highest BCUT2D eigenvalue weighted by Gasteiger charge is 2.44. The highest BCUT2D eigenvalue weighted by atomic mass is 19.1. The van der Waals surface area contributed by atoms with E-state index in [4.69, 9.17) is 5.73 Å². The van der Waals surface area contributed by atoms with Gasteiger partial charge in [-0.15, -0.1) is 0 Å². The molecule has 1 saturated heterocycles. The van der Waals surface area contributed by atoms with Gasteiger partial charge in [-0.05, 0) is 50.6 Å². The minimum absolute atomic E-state index is 0.170. The molecule has 1 aliphatic rings. The first kappa shape index (κ1) is 19.8. The van der Waals surface area contributed by atoms with Gasteiger partial charge in [-0.25, -0.2) is 13.9 Å². The minimum Gasteiger partial charge on any atom is -0.382 e. The Bertz CT molecular complexity index is 1190. The summed E-state index contributed by atoms with van der Waals surface area (Å²) in [6, 6.07) is 6.50. The SMILES string of the molecule is CC(=O)N1CCN(c2cc(-c3cc(C)c4c(N)ncnn34)ccc2F)C(=O)C1(C)C. The van der Waals surface area contributed by atoms with Crippen molar-refractivity contribution >= 4 is 28.8 Å². The predicted molar refractivity (Wildman–Crippen MR) is 111 cm³/mol. The van der Waals surface area contributed by atoms with Crippen molar-refractivity contribution in [3.05, 3.63) is 42.0 Å². The van der Waals surface area contributed by atoms with Gasteiger partial charge in [0.1, 0.15) is 23.2 Å². The third-order valence-electron chi connectivity index (χ3n) is 5.68. The second-order valence-corrected chi connectivity index (χ2v) is 7.97. The Labute approximate surface area is 173 Å². The largest absolute Gasteiger partial charge is 0.382 e. The third kappa shape index (κ3) is 2.89. The van der Waals surface area contributed by atoms with Crippen LogP contribution in [0.3, 0.4) is 0 Å². The van der Waals surface area contributed by atoms with Crippen LogP contribution in [0.25, 0.3) is 16.8 Å². The molecule has 2 N–H and O–H groups in total. The summed E-state index contributed by atoms with van der Waals surface area (Å²) in [5.74, 6) is -0.670. The molecule has 0 bridgehead atoms. The molecule has 1 aromatic carbocycles.